The standard InChI is InChI=1S/C21H22N4O2S/c1-3-27-17-12-10-16(11-13-17)25-20(18-8-4-5-9-19(18)26-2)23-24-21(25)28-15-7-6-14-22/h4-5,8-13H,3,6-7,15H2,1-2H3. The molecule has 0 saturated heterocycles. The van der Waals surface area contributed by atoms with E-state index >= 15 is 0 Å². The van der Waals surface area contributed by atoms with Gasteiger partial charge in [0.2, 0.25) is 0 Å². The molecule has 0 radical (unpaired) electrons. The maximum absolute atomic E-state index is 8.76. The van der Waals surface area contributed by atoms with Gasteiger partial charge in [0.15, 0.2) is 11.0 Å². The zero-order valence-corrected chi connectivity index (χ0v) is 16.8. The summed E-state index contributed by atoms with van der Waals surface area (Å²) in [5.41, 5.74) is 1.81. The highest BCUT2D eigenvalue weighted by Gasteiger charge is 2.18. The number of thioether (sulfide) groups is 1. The van der Waals surface area contributed by atoms with Gasteiger partial charge in [-0.15, -0.1) is 10.2 Å². The number of nitriles is 1. The summed E-state index contributed by atoms with van der Waals surface area (Å²) in [4.78, 5) is 0. The average molecular weight is 395 g/mol. The third kappa shape index (κ3) is 4.46. The smallest absolute Gasteiger partial charge is 0.196 e. The summed E-state index contributed by atoms with van der Waals surface area (Å²) in [5, 5.41) is 18.4. The van der Waals surface area contributed by atoms with Gasteiger partial charge >= 0.3 is 0 Å². The van der Waals surface area contributed by atoms with Crippen LogP contribution < -0.4 is 9.47 Å². The van der Waals surface area contributed by atoms with Crippen molar-refractivity contribution >= 4 is 11.8 Å². The van der Waals surface area contributed by atoms with Crippen molar-refractivity contribution in [3.63, 3.8) is 0 Å². The van der Waals surface area contributed by atoms with Gasteiger partial charge in [0.1, 0.15) is 11.5 Å². The van der Waals surface area contributed by atoms with E-state index in [1.165, 1.54) is 0 Å². The zero-order valence-electron chi connectivity index (χ0n) is 16.0. The van der Waals surface area contributed by atoms with Crippen LogP contribution in [-0.4, -0.2) is 34.2 Å². The molecule has 2 aromatic carbocycles. The molecule has 7 heteroatoms. The Morgan fingerprint density at radius 1 is 1.11 bits per heavy atom. The molecule has 1 aromatic heterocycles. The van der Waals surface area contributed by atoms with Gasteiger partial charge in [-0.2, -0.15) is 5.26 Å². The van der Waals surface area contributed by atoms with Crippen LogP contribution in [0.25, 0.3) is 17.1 Å². The minimum Gasteiger partial charge on any atom is -0.496 e. The molecule has 0 aliphatic heterocycles. The SMILES string of the molecule is CCOc1ccc(-n2c(SCCCC#N)nnc2-c2ccccc2OC)cc1. The summed E-state index contributed by atoms with van der Waals surface area (Å²) in [6.45, 7) is 2.59. The number of ether oxygens (including phenoxy) is 2. The van der Waals surface area contributed by atoms with Crippen molar-refractivity contribution in [2.24, 2.45) is 0 Å². The number of hydrogen-bond acceptors (Lipinski definition) is 6. The van der Waals surface area contributed by atoms with Crippen LogP contribution >= 0.6 is 11.8 Å². The van der Waals surface area contributed by atoms with E-state index in [2.05, 4.69) is 16.3 Å². The summed E-state index contributed by atoms with van der Waals surface area (Å²) in [5.74, 6) is 3.07. The third-order valence-electron chi connectivity index (χ3n) is 4.05. The number of rotatable bonds is 9. The summed E-state index contributed by atoms with van der Waals surface area (Å²) in [6, 6.07) is 17.8. The van der Waals surface area contributed by atoms with Crippen LogP contribution in [-0.2, 0) is 0 Å². The van der Waals surface area contributed by atoms with Crippen LogP contribution in [0.3, 0.4) is 0 Å². The van der Waals surface area contributed by atoms with Gasteiger partial charge in [0, 0.05) is 12.2 Å². The molecule has 3 aromatic rings. The van der Waals surface area contributed by atoms with Crippen molar-refractivity contribution in [3.05, 3.63) is 48.5 Å². The van der Waals surface area contributed by atoms with Crippen LogP contribution in [0.2, 0.25) is 0 Å². The summed E-state index contributed by atoms with van der Waals surface area (Å²) < 4.78 is 13.1. The first-order valence-corrected chi connectivity index (χ1v) is 10.1. The Hall–Kier alpha value is -2.98. The fourth-order valence-electron chi connectivity index (χ4n) is 2.77. The number of aromatic nitrogens is 3. The van der Waals surface area contributed by atoms with Crippen LogP contribution in [0.1, 0.15) is 19.8 Å². The lowest BCUT2D eigenvalue weighted by molar-refractivity contribution is 0.340. The fraction of sp³-hybridized carbons (Fsp3) is 0.286. The maximum atomic E-state index is 8.76. The lowest BCUT2D eigenvalue weighted by Crippen LogP contribution is -2.01. The number of methoxy groups -OCH3 is 1. The van der Waals surface area contributed by atoms with Gasteiger partial charge in [0.25, 0.3) is 0 Å². The monoisotopic (exact) mass is 394 g/mol. The molecular weight excluding hydrogens is 372 g/mol. The predicted molar refractivity (Wildman–Crippen MR) is 110 cm³/mol. The van der Waals surface area contributed by atoms with Crippen molar-refractivity contribution in [1.82, 2.24) is 14.8 Å². The Kier molecular flexibility index (Phi) is 6.93. The van der Waals surface area contributed by atoms with E-state index in [4.69, 9.17) is 14.7 Å². The third-order valence-corrected chi connectivity index (χ3v) is 5.07. The second-order valence-corrected chi connectivity index (χ2v) is 6.94. The molecule has 0 aliphatic carbocycles. The van der Waals surface area contributed by atoms with E-state index in [-0.39, 0.29) is 0 Å². The molecule has 28 heavy (non-hydrogen) atoms. The minimum absolute atomic E-state index is 0.531. The Morgan fingerprint density at radius 2 is 1.89 bits per heavy atom. The zero-order chi connectivity index (χ0) is 19.8. The second-order valence-electron chi connectivity index (χ2n) is 5.88. The van der Waals surface area contributed by atoms with E-state index in [9.17, 15) is 0 Å². The van der Waals surface area contributed by atoms with Crippen molar-refractivity contribution < 1.29 is 9.47 Å². The van der Waals surface area contributed by atoms with Gasteiger partial charge in [0.05, 0.1) is 31.0 Å². The summed E-state index contributed by atoms with van der Waals surface area (Å²) in [6.07, 6.45) is 1.34. The van der Waals surface area contributed by atoms with Crippen molar-refractivity contribution in [2.75, 3.05) is 19.5 Å². The maximum Gasteiger partial charge on any atom is 0.196 e. The fourth-order valence-corrected chi connectivity index (χ4v) is 3.66. The van der Waals surface area contributed by atoms with Gasteiger partial charge in [-0.3, -0.25) is 4.57 Å². The molecule has 0 fully saturated rings. The molecule has 0 spiro atoms. The first-order chi connectivity index (χ1) is 13.8. The Bertz CT molecular complexity index is 948. The molecule has 144 valence electrons. The van der Waals surface area contributed by atoms with E-state index in [0.29, 0.717) is 18.9 Å². The Balaban J connectivity index is 2.02. The quantitative estimate of drug-likeness (QED) is 0.386. The summed E-state index contributed by atoms with van der Waals surface area (Å²) in [7, 11) is 1.65. The molecule has 0 saturated carbocycles. The molecule has 6 nitrogen and oxygen atoms in total. The van der Waals surface area contributed by atoms with Gasteiger partial charge in [-0.25, -0.2) is 0 Å². The van der Waals surface area contributed by atoms with Crippen LogP contribution in [0.15, 0.2) is 53.7 Å². The lowest BCUT2D eigenvalue weighted by Gasteiger charge is -2.13. The molecule has 0 bridgehead atoms. The topological polar surface area (TPSA) is 73.0 Å². The average Bonchev–Trinajstić information content (AvgIpc) is 3.15. The highest BCUT2D eigenvalue weighted by Crippen LogP contribution is 2.33. The number of hydrogen-bond donors (Lipinski definition) is 0. The number of benzene rings is 2. The molecule has 0 unspecified atom stereocenters. The van der Waals surface area contributed by atoms with Crippen LogP contribution in [0.5, 0.6) is 11.5 Å². The van der Waals surface area contributed by atoms with Crippen molar-refractivity contribution in [3.8, 4) is 34.6 Å². The number of nitrogens with zero attached hydrogens (tertiary/aromatic N) is 4. The molecular formula is C21H22N4O2S. The first-order valence-electron chi connectivity index (χ1n) is 9.10. The van der Waals surface area contributed by atoms with Crippen molar-refractivity contribution in [2.45, 2.75) is 24.9 Å². The van der Waals surface area contributed by atoms with E-state index in [1.807, 2.05) is 60.0 Å². The Morgan fingerprint density at radius 3 is 2.61 bits per heavy atom. The van der Waals surface area contributed by atoms with Gasteiger partial charge in [-0.1, -0.05) is 23.9 Å². The van der Waals surface area contributed by atoms with E-state index in [1.54, 1.807) is 18.9 Å². The molecule has 0 atom stereocenters. The Labute approximate surface area is 169 Å². The predicted octanol–water partition coefficient (Wildman–Crippen LogP) is 4.74. The minimum atomic E-state index is 0.531. The highest BCUT2D eigenvalue weighted by atomic mass is 32.2. The largest absolute Gasteiger partial charge is 0.496 e. The van der Waals surface area contributed by atoms with Crippen LogP contribution in [0, 0.1) is 11.3 Å². The molecule has 1 heterocycles. The second kappa shape index (κ2) is 9.81. The van der Waals surface area contributed by atoms with Crippen molar-refractivity contribution in [1.29, 1.82) is 5.26 Å². The molecule has 0 aliphatic rings. The number of unbranched alkanes of at least 4 members (excludes halogenated alkanes) is 1. The molecule has 3 rings (SSSR count). The van der Waals surface area contributed by atoms with E-state index < -0.39 is 0 Å². The molecule has 0 amide bonds. The molecule has 0 N–H and O–H groups in total. The number of para-hydroxylation sites is 1. The normalized spacial score (nSPS) is 10.5. The van der Waals surface area contributed by atoms with Crippen LogP contribution in [0.4, 0.5) is 0 Å². The summed E-state index contributed by atoms with van der Waals surface area (Å²) >= 11 is 1.59. The lowest BCUT2D eigenvalue weighted by atomic mass is 10.2. The van der Waals surface area contributed by atoms with Gasteiger partial charge in [-0.05, 0) is 49.7 Å². The van der Waals surface area contributed by atoms with Gasteiger partial charge < -0.3 is 9.47 Å². The first kappa shape index (κ1) is 19.8. The van der Waals surface area contributed by atoms with E-state index in [0.717, 1.165) is 40.1 Å². The highest BCUT2D eigenvalue weighted by molar-refractivity contribution is 7.99.